The van der Waals surface area contributed by atoms with Crippen molar-refractivity contribution in [2.45, 2.75) is 20.3 Å². The molecule has 0 saturated carbocycles. The molecule has 3 rings (SSSR count). The third kappa shape index (κ3) is 4.44. The highest BCUT2D eigenvalue weighted by Crippen LogP contribution is 2.37. The fraction of sp³-hybridized carbons (Fsp3) is 0.250. The summed E-state index contributed by atoms with van der Waals surface area (Å²) < 4.78 is 15.5. The van der Waals surface area contributed by atoms with Crippen LogP contribution in [0.2, 0.25) is 0 Å². The van der Waals surface area contributed by atoms with Crippen LogP contribution in [0, 0.1) is 6.92 Å². The molecule has 0 aliphatic carbocycles. The first-order valence-corrected chi connectivity index (χ1v) is 8.38. The largest absolute Gasteiger partial charge is 0.455 e. The second-order valence-corrected chi connectivity index (χ2v) is 6.12. The Kier molecular flexibility index (Phi) is 5.40. The number of Topliss-reactive ketones (excluding diaryl/α,β-unsaturated/α-hetero) is 1. The van der Waals surface area contributed by atoms with Crippen LogP contribution in [0.1, 0.15) is 28.4 Å². The van der Waals surface area contributed by atoms with Crippen LogP contribution in [0.5, 0.6) is 11.5 Å². The molecule has 2 aromatic rings. The Morgan fingerprint density at radius 2 is 1.81 bits per heavy atom. The molecular weight excluding hydrogens is 350 g/mol. The van der Waals surface area contributed by atoms with Crippen molar-refractivity contribution >= 4 is 23.3 Å². The number of ether oxygens (including phenoxy) is 3. The smallest absolute Gasteiger partial charge is 0.310 e. The van der Waals surface area contributed by atoms with Crippen LogP contribution in [-0.2, 0) is 20.7 Å². The van der Waals surface area contributed by atoms with E-state index in [0.29, 0.717) is 17.1 Å². The molecule has 0 radical (unpaired) electrons. The van der Waals surface area contributed by atoms with Crippen LogP contribution in [0.3, 0.4) is 0 Å². The molecule has 27 heavy (non-hydrogen) atoms. The lowest BCUT2D eigenvalue weighted by molar-refractivity contribution is -0.146. The standard InChI is InChI=1S/C20H19NO6/c1-12-5-3-4-6-14(12)7-20(24)25-10-19(23)21-16-9-18-17(26-11-27-18)8-15(16)13(2)22/h3-6,8-9H,7,10-11H2,1-2H3,(H,21,23). The van der Waals surface area contributed by atoms with E-state index in [1.807, 2.05) is 31.2 Å². The quantitative estimate of drug-likeness (QED) is 0.622. The van der Waals surface area contributed by atoms with Gasteiger partial charge in [-0.1, -0.05) is 24.3 Å². The Labute approximate surface area is 156 Å². The van der Waals surface area contributed by atoms with Crippen molar-refractivity contribution in [1.29, 1.82) is 0 Å². The molecule has 1 heterocycles. The molecule has 1 N–H and O–H groups in total. The molecule has 0 atom stereocenters. The topological polar surface area (TPSA) is 90.9 Å². The Hall–Kier alpha value is -3.35. The molecule has 140 valence electrons. The summed E-state index contributed by atoms with van der Waals surface area (Å²) in [4.78, 5) is 35.9. The molecule has 1 aliphatic heterocycles. The number of hydrogen-bond donors (Lipinski definition) is 1. The van der Waals surface area contributed by atoms with Crippen LogP contribution in [0.15, 0.2) is 36.4 Å². The van der Waals surface area contributed by atoms with Crippen molar-refractivity contribution in [2.24, 2.45) is 0 Å². The lowest BCUT2D eigenvalue weighted by atomic mass is 10.1. The maximum atomic E-state index is 12.1. The Morgan fingerprint density at radius 1 is 1.11 bits per heavy atom. The van der Waals surface area contributed by atoms with Crippen LogP contribution >= 0.6 is 0 Å². The van der Waals surface area contributed by atoms with E-state index in [9.17, 15) is 14.4 Å². The van der Waals surface area contributed by atoms with E-state index < -0.39 is 18.5 Å². The molecule has 0 aromatic heterocycles. The van der Waals surface area contributed by atoms with Gasteiger partial charge in [0.1, 0.15) is 0 Å². The number of hydrogen-bond acceptors (Lipinski definition) is 6. The van der Waals surface area contributed by atoms with E-state index in [4.69, 9.17) is 14.2 Å². The van der Waals surface area contributed by atoms with E-state index in [1.54, 1.807) is 0 Å². The fourth-order valence-electron chi connectivity index (χ4n) is 2.68. The summed E-state index contributed by atoms with van der Waals surface area (Å²) in [6, 6.07) is 10.5. The van der Waals surface area contributed by atoms with Gasteiger partial charge in [0.25, 0.3) is 5.91 Å². The third-order valence-corrected chi connectivity index (χ3v) is 4.13. The van der Waals surface area contributed by atoms with Gasteiger partial charge in [-0.05, 0) is 31.0 Å². The van der Waals surface area contributed by atoms with Crippen molar-refractivity contribution in [3.8, 4) is 11.5 Å². The highest BCUT2D eigenvalue weighted by atomic mass is 16.7. The van der Waals surface area contributed by atoms with Crippen LogP contribution < -0.4 is 14.8 Å². The van der Waals surface area contributed by atoms with E-state index >= 15 is 0 Å². The van der Waals surface area contributed by atoms with Crippen LogP contribution in [0.25, 0.3) is 0 Å². The number of aryl methyl sites for hydroxylation is 1. The maximum absolute atomic E-state index is 12.1. The van der Waals surface area contributed by atoms with Crippen LogP contribution in [-0.4, -0.2) is 31.1 Å². The second-order valence-electron chi connectivity index (χ2n) is 6.12. The van der Waals surface area contributed by atoms with E-state index in [1.165, 1.54) is 19.1 Å². The number of fused-ring (bicyclic) bond motifs is 1. The zero-order chi connectivity index (χ0) is 19.4. The van der Waals surface area contributed by atoms with Crippen LogP contribution in [0.4, 0.5) is 5.69 Å². The average Bonchev–Trinajstić information content (AvgIpc) is 3.08. The number of amides is 1. The monoisotopic (exact) mass is 369 g/mol. The van der Waals surface area contributed by atoms with Crippen molar-refractivity contribution in [3.63, 3.8) is 0 Å². The summed E-state index contributed by atoms with van der Waals surface area (Å²) in [6.07, 6.45) is 0.0860. The van der Waals surface area contributed by atoms with Gasteiger partial charge < -0.3 is 19.5 Å². The molecule has 2 aromatic carbocycles. The number of ketones is 1. The molecule has 7 heteroatoms. The summed E-state index contributed by atoms with van der Waals surface area (Å²) in [6.45, 7) is 2.89. The number of nitrogens with one attached hydrogen (secondary N) is 1. The minimum Gasteiger partial charge on any atom is -0.455 e. The first-order valence-electron chi connectivity index (χ1n) is 8.38. The first kappa shape index (κ1) is 18.4. The zero-order valence-corrected chi connectivity index (χ0v) is 15.0. The molecule has 0 saturated heterocycles. The minimum absolute atomic E-state index is 0.0561. The predicted molar refractivity (Wildman–Crippen MR) is 97.0 cm³/mol. The normalized spacial score (nSPS) is 11.8. The lowest BCUT2D eigenvalue weighted by Gasteiger charge is -2.11. The van der Waals surface area contributed by atoms with Crippen molar-refractivity contribution < 1.29 is 28.6 Å². The second kappa shape index (κ2) is 7.90. The van der Waals surface area contributed by atoms with Gasteiger partial charge in [-0.25, -0.2) is 0 Å². The molecule has 1 aliphatic rings. The van der Waals surface area contributed by atoms with Gasteiger partial charge >= 0.3 is 5.97 Å². The highest BCUT2D eigenvalue weighted by Gasteiger charge is 2.20. The van der Waals surface area contributed by atoms with Gasteiger partial charge in [-0.3, -0.25) is 14.4 Å². The minimum atomic E-state index is -0.547. The van der Waals surface area contributed by atoms with Crippen molar-refractivity contribution in [1.82, 2.24) is 0 Å². The number of carbonyl (C=O) groups is 3. The molecule has 0 bridgehead atoms. The Balaban J connectivity index is 1.60. The third-order valence-electron chi connectivity index (χ3n) is 4.13. The van der Waals surface area contributed by atoms with E-state index in [2.05, 4.69) is 5.32 Å². The SMILES string of the molecule is CC(=O)c1cc2c(cc1NC(=O)COC(=O)Cc1ccccc1C)OCO2. The summed E-state index contributed by atoms with van der Waals surface area (Å²) in [7, 11) is 0. The average molecular weight is 369 g/mol. The molecule has 1 amide bonds. The van der Waals surface area contributed by atoms with E-state index in [-0.39, 0.29) is 24.7 Å². The van der Waals surface area contributed by atoms with Crippen molar-refractivity contribution in [2.75, 3.05) is 18.7 Å². The Morgan fingerprint density at radius 3 is 2.52 bits per heavy atom. The molecule has 0 spiro atoms. The number of carbonyl (C=O) groups excluding carboxylic acids is 3. The number of anilines is 1. The summed E-state index contributed by atoms with van der Waals surface area (Å²) in [5.74, 6) is -0.402. The molecule has 7 nitrogen and oxygen atoms in total. The van der Waals surface area contributed by atoms with Gasteiger partial charge in [-0.15, -0.1) is 0 Å². The number of rotatable bonds is 6. The summed E-state index contributed by atoms with van der Waals surface area (Å²) in [5, 5.41) is 2.58. The first-order chi connectivity index (χ1) is 12.9. The van der Waals surface area contributed by atoms with Gasteiger partial charge in [-0.2, -0.15) is 0 Å². The molecule has 0 fully saturated rings. The van der Waals surface area contributed by atoms with E-state index in [0.717, 1.165) is 11.1 Å². The number of esters is 1. The summed E-state index contributed by atoms with van der Waals surface area (Å²) in [5.41, 5.74) is 2.40. The fourth-order valence-corrected chi connectivity index (χ4v) is 2.68. The van der Waals surface area contributed by atoms with Gasteiger partial charge in [0, 0.05) is 11.6 Å². The lowest BCUT2D eigenvalue weighted by Crippen LogP contribution is -2.22. The zero-order valence-electron chi connectivity index (χ0n) is 15.0. The van der Waals surface area contributed by atoms with Gasteiger partial charge in [0.2, 0.25) is 6.79 Å². The van der Waals surface area contributed by atoms with Crippen molar-refractivity contribution in [3.05, 3.63) is 53.1 Å². The van der Waals surface area contributed by atoms with Gasteiger partial charge in [0.05, 0.1) is 12.1 Å². The molecular formula is C20H19NO6. The molecule has 0 unspecified atom stereocenters. The predicted octanol–water partition coefficient (Wildman–Crippen LogP) is 2.65. The maximum Gasteiger partial charge on any atom is 0.310 e. The summed E-state index contributed by atoms with van der Waals surface area (Å²) >= 11 is 0. The van der Waals surface area contributed by atoms with Gasteiger partial charge in [0.15, 0.2) is 23.9 Å². The Bertz CT molecular complexity index is 905. The highest BCUT2D eigenvalue weighted by molar-refractivity contribution is 6.05. The number of benzene rings is 2.